The molecule has 21 heavy (non-hydrogen) atoms. The summed E-state index contributed by atoms with van der Waals surface area (Å²) in [7, 11) is 1.61. The average Bonchev–Trinajstić information content (AvgIpc) is 2.35. The number of aliphatic hydroxyl groups excluding tert-OH is 1. The molecule has 0 aliphatic carbocycles. The second-order valence-electron chi connectivity index (χ2n) is 6.96. The van der Waals surface area contributed by atoms with Crippen LogP contribution in [-0.2, 0) is 9.47 Å². The molecular weight excluding hydrogens is 272 g/mol. The number of rotatable bonds is 9. The number of nitrogens with one attached hydrogen (secondary N) is 1. The largest absolute Gasteiger partial charge is 0.444 e. The first-order valence-corrected chi connectivity index (χ1v) is 7.40. The van der Waals surface area contributed by atoms with Crippen molar-refractivity contribution in [3.05, 3.63) is 0 Å². The zero-order valence-corrected chi connectivity index (χ0v) is 14.4. The van der Waals surface area contributed by atoms with Gasteiger partial charge in [0.2, 0.25) is 0 Å². The van der Waals surface area contributed by atoms with Crippen molar-refractivity contribution in [3.8, 4) is 0 Å². The minimum absolute atomic E-state index is 0.124. The summed E-state index contributed by atoms with van der Waals surface area (Å²) in [5.41, 5.74) is -0.669. The summed E-state index contributed by atoms with van der Waals surface area (Å²) in [6.45, 7) is 12.5. The zero-order chi connectivity index (χ0) is 16.5. The average molecular weight is 304 g/mol. The molecule has 0 saturated carbocycles. The highest BCUT2D eigenvalue weighted by atomic mass is 16.6. The second kappa shape index (κ2) is 9.23. The third kappa shape index (κ3) is 10.5. The number of nitrogens with zero attached hydrogens (tertiary/aromatic N) is 1. The summed E-state index contributed by atoms with van der Waals surface area (Å²) < 4.78 is 10.4. The van der Waals surface area contributed by atoms with Gasteiger partial charge in [-0.05, 0) is 20.8 Å². The molecule has 0 rings (SSSR count). The van der Waals surface area contributed by atoms with Crippen LogP contribution in [0.1, 0.15) is 34.6 Å². The van der Waals surface area contributed by atoms with Crippen LogP contribution < -0.4 is 5.32 Å². The fourth-order valence-electron chi connectivity index (χ4n) is 1.52. The Bertz CT molecular complexity index is 301. The van der Waals surface area contributed by atoms with Crippen molar-refractivity contribution in [3.63, 3.8) is 0 Å². The van der Waals surface area contributed by atoms with Gasteiger partial charge in [0.05, 0.1) is 6.61 Å². The number of carbonyl (C=O) groups is 1. The van der Waals surface area contributed by atoms with Gasteiger partial charge in [0.1, 0.15) is 5.60 Å². The molecular formula is C15H32N2O4. The molecule has 0 unspecified atom stereocenters. The molecule has 0 radical (unpaired) electrons. The van der Waals surface area contributed by atoms with Gasteiger partial charge in [-0.3, -0.25) is 0 Å². The maximum atomic E-state index is 12.1. The summed E-state index contributed by atoms with van der Waals surface area (Å²) in [5.74, 6) is 0. The Morgan fingerprint density at radius 1 is 1.19 bits per heavy atom. The molecule has 0 fully saturated rings. The molecule has 6 nitrogen and oxygen atoms in total. The van der Waals surface area contributed by atoms with Gasteiger partial charge < -0.3 is 24.8 Å². The lowest BCUT2D eigenvalue weighted by atomic mass is 9.95. The first-order chi connectivity index (χ1) is 9.61. The van der Waals surface area contributed by atoms with Gasteiger partial charge in [-0.15, -0.1) is 0 Å². The normalized spacial score (nSPS) is 12.3. The fourth-order valence-corrected chi connectivity index (χ4v) is 1.52. The van der Waals surface area contributed by atoms with E-state index in [1.54, 1.807) is 12.0 Å². The van der Waals surface area contributed by atoms with E-state index >= 15 is 0 Å². The molecule has 0 aromatic heterocycles. The topological polar surface area (TPSA) is 71.0 Å². The first-order valence-electron chi connectivity index (χ1n) is 7.40. The summed E-state index contributed by atoms with van der Waals surface area (Å²) in [6, 6.07) is 0. The number of aliphatic hydroxyl groups is 1. The molecule has 0 bridgehead atoms. The number of hydrogen-bond donors (Lipinski definition) is 2. The van der Waals surface area contributed by atoms with Gasteiger partial charge in [0, 0.05) is 45.3 Å². The lowest BCUT2D eigenvalue weighted by Crippen LogP contribution is -2.43. The zero-order valence-electron chi connectivity index (χ0n) is 14.4. The van der Waals surface area contributed by atoms with E-state index in [1.165, 1.54) is 0 Å². The van der Waals surface area contributed by atoms with Gasteiger partial charge in [0.15, 0.2) is 0 Å². The van der Waals surface area contributed by atoms with Crippen LogP contribution in [0.4, 0.5) is 4.79 Å². The third-order valence-corrected chi connectivity index (χ3v) is 2.81. The van der Waals surface area contributed by atoms with Crippen LogP contribution in [0, 0.1) is 5.41 Å². The number of amides is 1. The van der Waals surface area contributed by atoms with Crippen LogP contribution in [0.25, 0.3) is 0 Å². The standard InChI is InChI=1S/C15H32N2O4/c1-14(2,3)21-13(19)17(9-10-20-6)8-7-16-11-15(4,5)12-18/h16,18H,7-12H2,1-6H3. The Kier molecular flexibility index (Phi) is 8.85. The molecule has 0 aromatic rings. The fraction of sp³-hybridized carbons (Fsp3) is 0.933. The monoisotopic (exact) mass is 304 g/mol. The molecule has 0 aliphatic rings. The molecule has 0 aromatic carbocycles. The lowest BCUT2D eigenvalue weighted by molar-refractivity contribution is 0.0202. The molecule has 0 saturated heterocycles. The van der Waals surface area contributed by atoms with Gasteiger partial charge >= 0.3 is 6.09 Å². The van der Waals surface area contributed by atoms with E-state index in [0.29, 0.717) is 32.8 Å². The highest BCUT2D eigenvalue weighted by Crippen LogP contribution is 2.11. The van der Waals surface area contributed by atoms with E-state index in [4.69, 9.17) is 9.47 Å². The minimum atomic E-state index is -0.505. The van der Waals surface area contributed by atoms with Crippen molar-refractivity contribution >= 4 is 6.09 Å². The molecule has 1 amide bonds. The predicted molar refractivity (Wildman–Crippen MR) is 83.4 cm³/mol. The van der Waals surface area contributed by atoms with Gasteiger partial charge in [-0.25, -0.2) is 4.79 Å². The number of ether oxygens (including phenoxy) is 2. The molecule has 0 atom stereocenters. The minimum Gasteiger partial charge on any atom is -0.444 e. The van der Waals surface area contributed by atoms with E-state index in [9.17, 15) is 9.90 Å². The molecule has 0 spiro atoms. The van der Waals surface area contributed by atoms with Crippen LogP contribution in [0.2, 0.25) is 0 Å². The van der Waals surface area contributed by atoms with Crippen LogP contribution in [0.3, 0.4) is 0 Å². The van der Waals surface area contributed by atoms with E-state index < -0.39 is 5.60 Å². The van der Waals surface area contributed by atoms with E-state index in [1.807, 2.05) is 34.6 Å². The number of hydrogen-bond acceptors (Lipinski definition) is 5. The summed E-state index contributed by atoms with van der Waals surface area (Å²) >= 11 is 0. The van der Waals surface area contributed by atoms with Crippen LogP contribution in [0.15, 0.2) is 0 Å². The lowest BCUT2D eigenvalue weighted by Gasteiger charge is -2.28. The molecule has 126 valence electrons. The summed E-state index contributed by atoms with van der Waals surface area (Å²) in [5, 5.41) is 12.4. The number of carbonyl (C=O) groups excluding carboxylic acids is 1. The highest BCUT2D eigenvalue weighted by molar-refractivity contribution is 5.68. The van der Waals surface area contributed by atoms with Crippen LogP contribution >= 0.6 is 0 Å². The van der Waals surface area contributed by atoms with Crippen molar-refractivity contribution in [2.24, 2.45) is 5.41 Å². The Balaban J connectivity index is 4.27. The first kappa shape index (κ1) is 20.1. The maximum Gasteiger partial charge on any atom is 0.410 e. The van der Waals surface area contributed by atoms with E-state index in [2.05, 4.69) is 5.32 Å². The van der Waals surface area contributed by atoms with Gasteiger partial charge in [-0.2, -0.15) is 0 Å². The molecule has 0 aliphatic heterocycles. The summed E-state index contributed by atoms with van der Waals surface area (Å²) in [4.78, 5) is 13.7. The molecule has 6 heteroatoms. The molecule has 0 heterocycles. The Labute approximate surface area is 128 Å². The predicted octanol–water partition coefficient (Wildman–Crippen LogP) is 1.48. The summed E-state index contributed by atoms with van der Waals surface area (Å²) in [6.07, 6.45) is -0.331. The maximum absolute atomic E-state index is 12.1. The quantitative estimate of drug-likeness (QED) is 0.631. The Morgan fingerprint density at radius 2 is 1.81 bits per heavy atom. The number of methoxy groups -OCH3 is 1. The van der Waals surface area contributed by atoms with Crippen molar-refractivity contribution < 1.29 is 19.4 Å². The Morgan fingerprint density at radius 3 is 2.29 bits per heavy atom. The van der Waals surface area contributed by atoms with E-state index in [0.717, 1.165) is 0 Å². The Hall–Kier alpha value is -0.850. The smallest absolute Gasteiger partial charge is 0.410 e. The van der Waals surface area contributed by atoms with Gasteiger partial charge in [-0.1, -0.05) is 13.8 Å². The SMILES string of the molecule is COCCN(CCNCC(C)(C)CO)C(=O)OC(C)(C)C. The third-order valence-electron chi connectivity index (χ3n) is 2.81. The van der Waals surface area contributed by atoms with Crippen molar-refractivity contribution in [1.29, 1.82) is 0 Å². The van der Waals surface area contributed by atoms with E-state index in [-0.39, 0.29) is 18.1 Å². The van der Waals surface area contributed by atoms with Crippen molar-refractivity contribution in [2.75, 3.05) is 46.5 Å². The molecule has 2 N–H and O–H groups in total. The van der Waals surface area contributed by atoms with Crippen molar-refractivity contribution in [1.82, 2.24) is 10.2 Å². The van der Waals surface area contributed by atoms with Gasteiger partial charge in [0.25, 0.3) is 0 Å². The highest BCUT2D eigenvalue weighted by Gasteiger charge is 2.22. The second-order valence-corrected chi connectivity index (χ2v) is 6.96. The van der Waals surface area contributed by atoms with Crippen LogP contribution in [0.5, 0.6) is 0 Å². The van der Waals surface area contributed by atoms with Crippen LogP contribution in [-0.4, -0.2) is 68.2 Å². The van der Waals surface area contributed by atoms with Crippen molar-refractivity contribution in [2.45, 2.75) is 40.2 Å².